The third-order valence-electron chi connectivity index (χ3n) is 5.00. The number of ether oxygens (including phenoxy) is 2. The summed E-state index contributed by atoms with van der Waals surface area (Å²) in [5, 5.41) is 6.75. The second-order valence-electron chi connectivity index (χ2n) is 7.11. The number of aliphatic imine (C=N–C) groups is 1. The summed E-state index contributed by atoms with van der Waals surface area (Å²) >= 11 is 0. The van der Waals surface area contributed by atoms with Crippen LogP contribution in [0.5, 0.6) is 11.5 Å². The molecule has 0 aliphatic carbocycles. The van der Waals surface area contributed by atoms with Gasteiger partial charge in [0.05, 0.1) is 6.54 Å². The lowest BCUT2D eigenvalue weighted by atomic mass is 10.1. The molecule has 6 nitrogen and oxygen atoms in total. The standard InChI is InChI=1S/C23H28N4O2/c1-2-24-23(25-11-10-18-8-9-21-22(15-18)29-17-28-21)26-16-19-6-5-7-20(14-19)27-12-3-4-13-27/h3-9,14-15H,2,10-13,16-17H2,1H3,(H2,24,25,26). The fraction of sp³-hybridized carbons (Fsp3) is 0.348. The van der Waals surface area contributed by atoms with Crippen LogP contribution in [0.25, 0.3) is 0 Å². The van der Waals surface area contributed by atoms with E-state index >= 15 is 0 Å². The molecule has 2 aliphatic heterocycles. The molecule has 0 saturated carbocycles. The quantitative estimate of drug-likeness (QED) is 0.431. The zero-order valence-corrected chi connectivity index (χ0v) is 16.9. The van der Waals surface area contributed by atoms with Crippen LogP contribution in [-0.4, -0.2) is 38.9 Å². The van der Waals surface area contributed by atoms with Gasteiger partial charge in [0.2, 0.25) is 6.79 Å². The molecule has 2 aliphatic rings. The summed E-state index contributed by atoms with van der Waals surface area (Å²) in [6.07, 6.45) is 5.30. The predicted octanol–water partition coefficient (Wildman–Crippen LogP) is 3.09. The maximum Gasteiger partial charge on any atom is 0.231 e. The van der Waals surface area contributed by atoms with Crippen LogP contribution in [0.4, 0.5) is 5.69 Å². The molecule has 2 aromatic rings. The van der Waals surface area contributed by atoms with Gasteiger partial charge < -0.3 is 25.0 Å². The highest BCUT2D eigenvalue weighted by atomic mass is 16.7. The Balaban J connectivity index is 1.32. The Labute approximate surface area is 172 Å². The molecule has 0 atom stereocenters. The minimum Gasteiger partial charge on any atom is -0.454 e. The molecule has 0 fully saturated rings. The van der Waals surface area contributed by atoms with E-state index in [-0.39, 0.29) is 0 Å². The van der Waals surface area contributed by atoms with Crippen molar-refractivity contribution in [3.05, 3.63) is 65.7 Å². The van der Waals surface area contributed by atoms with Gasteiger partial charge in [0.1, 0.15) is 0 Å². The molecular formula is C23H28N4O2. The summed E-state index contributed by atoms with van der Waals surface area (Å²) < 4.78 is 10.8. The van der Waals surface area contributed by atoms with Gasteiger partial charge in [-0.2, -0.15) is 0 Å². The van der Waals surface area contributed by atoms with Crippen LogP contribution < -0.4 is 25.0 Å². The summed E-state index contributed by atoms with van der Waals surface area (Å²) in [6, 6.07) is 14.7. The van der Waals surface area contributed by atoms with E-state index in [9.17, 15) is 0 Å². The van der Waals surface area contributed by atoms with Gasteiger partial charge in [-0.25, -0.2) is 4.99 Å². The molecule has 0 saturated heterocycles. The molecule has 0 radical (unpaired) electrons. The molecule has 152 valence electrons. The number of nitrogens with zero attached hydrogens (tertiary/aromatic N) is 2. The summed E-state index contributed by atoms with van der Waals surface area (Å²) in [7, 11) is 0. The number of guanidine groups is 1. The minimum absolute atomic E-state index is 0.309. The van der Waals surface area contributed by atoms with Gasteiger partial charge in [0, 0.05) is 31.9 Å². The maximum absolute atomic E-state index is 5.45. The largest absolute Gasteiger partial charge is 0.454 e. The highest BCUT2D eigenvalue weighted by Crippen LogP contribution is 2.32. The molecule has 0 spiro atoms. The fourth-order valence-corrected chi connectivity index (χ4v) is 3.47. The van der Waals surface area contributed by atoms with Crippen molar-refractivity contribution < 1.29 is 9.47 Å². The van der Waals surface area contributed by atoms with E-state index in [1.807, 2.05) is 12.1 Å². The van der Waals surface area contributed by atoms with Crippen LogP contribution in [0.3, 0.4) is 0 Å². The number of nitrogens with one attached hydrogen (secondary N) is 2. The lowest BCUT2D eigenvalue weighted by Gasteiger charge is -2.18. The smallest absolute Gasteiger partial charge is 0.231 e. The normalized spacial score (nSPS) is 15.1. The molecule has 2 heterocycles. The molecule has 4 rings (SSSR count). The topological polar surface area (TPSA) is 58.1 Å². The number of rotatable bonds is 7. The zero-order chi connectivity index (χ0) is 19.9. The Morgan fingerprint density at radius 2 is 1.86 bits per heavy atom. The lowest BCUT2D eigenvalue weighted by Crippen LogP contribution is -2.38. The van der Waals surface area contributed by atoms with Crippen LogP contribution in [0, 0.1) is 0 Å². The molecule has 0 amide bonds. The maximum atomic E-state index is 5.45. The van der Waals surface area contributed by atoms with Crippen molar-refractivity contribution in [2.24, 2.45) is 4.99 Å². The van der Waals surface area contributed by atoms with Gasteiger partial charge in [-0.15, -0.1) is 0 Å². The minimum atomic E-state index is 0.309. The van der Waals surface area contributed by atoms with E-state index in [0.717, 1.165) is 50.1 Å². The first-order valence-electron chi connectivity index (χ1n) is 10.2. The van der Waals surface area contributed by atoms with Gasteiger partial charge >= 0.3 is 0 Å². The van der Waals surface area contributed by atoms with E-state index in [1.54, 1.807) is 0 Å². The average Bonchev–Trinajstić information content (AvgIpc) is 3.44. The monoisotopic (exact) mass is 392 g/mol. The third-order valence-corrected chi connectivity index (χ3v) is 5.00. The van der Waals surface area contributed by atoms with Crippen LogP contribution in [-0.2, 0) is 13.0 Å². The molecule has 0 aromatic heterocycles. The van der Waals surface area contributed by atoms with E-state index in [4.69, 9.17) is 14.5 Å². The number of fused-ring (bicyclic) bond motifs is 1. The summed E-state index contributed by atoms with van der Waals surface area (Å²) in [6.45, 7) is 6.63. The van der Waals surface area contributed by atoms with Crippen molar-refractivity contribution in [3.63, 3.8) is 0 Å². The highest BCUT2D eigenvalue weighted by molar-refractivity contribution is 5.79. The van der Waals surface area contributed by atoms with Gasteiger partial charge in [0.15, 0.2) is 17.5 Å². The van der Waals surface area contributed by atoms with Gasteiger partial charge in [-0.1, -0.05) is 30.4 Å². The molecule has 29 heavy (non-hydrogen) atoms. The van der Waals surface area contributed by atoms with Gasteiger partial charge in [0.25, 0.3) is 0 Å². The van der Waals surface area contributed by atoms with E-state index in [2.05, 4.69) is 64.9 Å². The second kappa shape index (κ2) is 9.37. The molecule has 6 heteroatoms. The number of hydrogen-bond acceptors (Lipinski definition) is 4. The van der Waals surface area contributed by atoms with Crippen molar-refractivity contribution in [1.82, 2.24) is 10.6 Å². The third kappa shape index (κ3) is 5.02. The Hall–Kier alpha value is -3.15. The molecule has 0 bridgehead atoms. The molecule has 2 aromatic carbocycles. The fourth-order valence-electron chi connectivity index (χ4n) is 3.47. The average molecular weight is 393 g/mol. The predicted molar refractivity (Wildman–Crippen MR) is 117 cm³/mol. The molecular weight excluding hydrogens is 364 g/mol. The van der Waals surface area contributed by atoms with Crippen molar-refractivity contribution in [2.45, 2.75) is 19.9 Å². The molecule has 2 N–H and O–H groups in total. The Kier molecular flexibility index (Phi) is 6.19. The summed E-state index contributed by atoms with van der Waals surface area (Å²) in [5.74, 6) is 2.49. The Morgan fingerprint density at radius 1 is 1.00 bits per heavy atom. The number of anilines is 1. The first kappa shape index (κ1) is 19.2. The van der Waals surface area contributed by atoms with Crippen LogP contribution in [0.2, 0.25) is 0 Å². The van der Waals surface area contributed by atoms with Crippen molar-refractivity contribution >= 4 is 11.6 Å². The van der Waals surface area contributed by atoms with E-state index < -0.39 is 0 Å². The SMILES string of the molecule is CCNC(=NCc1cccc(N2CC=CC2)c1)NCCc1ccc2c(c1)OCO2. The molecule has 0 unspecified atom stereocenters. The van der Waals surface area contributed by atoms with Crippen molar-refractivity contribution in [2.75, 3.05) is 37.9 Å². The number of benzene rings is 2. The van der Waals surface area contributed by atoms with Crippen molar-refractivity contribution in [1.29, 1.82) is 0 Å². The lowest BCUT2D eigenvalue weighted by molar-refractivity contribution is 0.174. The van der Waals surface area contributed by atoms with Crippen LogP contribution >= 0.6 is 0 Å². The van der Waals surface area contributed by atoms with E-state index in [1.165, 1.54) is 16.8 Å². The van der Waals surface area contributed by atoms with Gasteiger partial charge in [-0.3, -0.25) is 0 Å². The Morgan fingerprint density at radius 3 is 2.72 bits per heavy atom. The Bertz CT molecular complexity index is 886. The zero-order valence-electron chi connectivity index (χ0n) is 16.9. The first-order valence-corrected chi connectivity index (χ1v) is 10.2. The highest BCUT2D eigenvalue weighted by Gasteiger charge is 2.13. The van der Waals surface area contributed by atoms with Crippen molar-refractivity contribution in [3.8, 4) is 11.5 Å². The second-order valence-corrected chi connectivity index (χ2v) is 7.11. The van der Waals surface area contributed by atoms with E-state index in [0.29, 0.717) is 13.3 Å². The summed E-state index contributed by atoms with van der Waals surface area (Å²) in [5.41, 5.74) is 3.68. The van der Waals surface area contributed by atoms with Crippen LogP contribution in [0.15, 0.2) is 59.6 Å². The summed E-state index contributed by atoms with van der Waals surface area (Å²) in [4.78, 5) is 7.11. The number of hydrogen-bond donors (Lipinski definition) is 2. The van der Waals surface area contributed by atoms with Crippen LogP contribution in [0.1, 0.15) is 18.1 Å². The van der Waals surface area contributed by atoms with Gasteiger partial charge in [-0.05, 0) is 48.7 Å². The first-order chi connectivity index (χ1) is 14.3.